The number of thioether (sulfide) groups is 1. The van der Waals surface area contributed by atoms with Crippen molar-refractivity contribution in [3.05, 3.63) is 119 Å². The standard InChI is InChI=1S/C17H16ClNS.C14H15ClN2S.C11H18N4/c1-12(2)19-11-17(20-14-6-4-3-5-7-14)15-10-13(18)8-9-16(15)19;1-10(2)17-9-14(18-7-6-16-3)12-8-11(15)4-5-13(12)17;1-10(2)14-6-8-15(9-7-14)11-12-4-3-5-13-11/h3-12H,1-2H3;4-5,8-10H,6-7H2,1-2H3;3-5,10H,6-9H2,1-2H3. The van der Waals surface area contributed by atoms with Gasteiger partial charge in [-0.3, -0.25) is 4.90 Å². The summed E-state index contributed by atoms with van der Waals surface area (Å²) < 4.78 is 4.56. The Morgan fingerprint density at radius 1 is 0.698 bits per heavy atom. The van der Waals surface area contributed by atoms with Gasteiger partial charge in [0.1, 0.15) is 0 Å². The molecular formula is C42H49Cl2N7S2. The van der Waals surface area contributed by atoms with Gasteiger partial charge in [0, 0.05) is 116 Å². The molecule has 7 rings (SSSR count). The van der Waals surface area contributed by atoms with Crippen LogP contribution in [0.15, 0.2) is 112 Å². The van der Waals surface area contributed by atoms with Crippen LogP contribution in [-0.4, -0.2) is 68.5 Å². The number of rotatable bonds is 9. The van der Waals surface area contributed by atoms with Crippen LogP contribution in [0.4, 0.5) is 5.95 Å². The highest BCUT2D eigenvalue weighted by Crippen LogP contribution is 2.37. The van der Waals surface area contributed by atoms with E-state index in [0.29, 0.717) is 24.7 Å². The van der Waals surface area contributed by atoms with Crippen LogP contribution in [0, 0.1) is 6.57 Å². The predicted octanol–water partition coefficient (Wildman–Crippen LogP) is 11.9. The summed E-state index contributed by atoms with van der Waals surface area (Å²) in [5, 5.41) is 3.95. The lowest BCUT2D eigenvalue weighted by Gasteiger charge is -2.36. The molecule has 0 amide bonds. The minimum atomic E-state index is 0.420. The Kier molecular flexibility index (Phi) is 15.0. The molecule has 1 saturated heterocycles. The average molecular weight is 787 g/mol. The Hall–Kier alpha value is -3.65. The number of hydrogen-bond acceptors (Lipinski definition) is 6. The maximum Gasteiger partial charge on any atom is 0.225 e. The number of halogens is 2. The fourth-order valence-corrected chi connectivity index (χ4v) is 8.39. The molecule has 6 aromatic rings. The summed E-state index contributed by atoms with van der Waals surface area (Å²) in [7, 11) is 0. The van der Waals surface area contributed by atoms with E-state index in [2.05, 4.69) is 130 Å². The molecule has 11 heteroatoms. The smallest absolute Gasteiger partial charge is 0.225 e. The largest absolute Gasteiger partial charge is 0.344 e. The minimum absolute atomic E-state index is 0.420. The molecular weight excluding hydrogens is 738 g/mol. The van der Waals surface area contributed by atoms with Gasteiger partial charge in [-0.1, -0.05) is 53.2 Å². The second-order valence-corrected chi connectivity index (χ2v) is 16.7. The Morgan fingerprint density at radius 3 is 1.77 bits per heavy atom. The van der Waals surface area contributed by atoms with Gasteiger partial charge in [-0.15, -0.1) is 11.8 Å². The number of benzene rings is 3. The molecule has 3 aromatic carbocycles. The van der Waals surface area contributed by atoms with Crippen LogP contribution >= 0.6 is 46.7 Å². The zero-order chi connectivity index (χ0) is 37.9. The number of aromatic nitrogens is 4. The van der Waals surface area contributed by atoms with Crippen LogP contribution in [0.3, 0.4) is 0 Å². The van der Waals surface area contributed by atoms with Gasteiger partial charge in [0.15, 0.2) is 0 Å². The van der Waals surface area contributed by atoms with E-state index in [9.17, 15) is 0 Å². The molecule has 0 saturated carbocycles. The summed E-state index contributed by atoms with van der Waals surface area (Å²) in [5.74, 6) is 1.69. The number of nitrogens with zero attached hydrogens (tertiary/aromatic N) is 7. The van der Waals surface area contributed by atoms with E-state index in [-0.39, 0.29) is 0 Å². The zero-order valence-corrected chi connectivity index (χ0v) is 34.6. The van der Waals surface area contributed by atoms with Crippen molar-refractivity contribution in [2.75, 3.05) is 43.4 Å². The summed E-state index contributed by atoms with van der Waals surface area (Å²) in [6.45, 7) is 24.9. The van der Waals surface area contributed by atoms with Crippen LogP contribution in [0.2, 0.25) is 10.0 Å². The van der Waals surface area contributed by atoms with Crippen molar-refractivity contribution in [2.24, 2.45) is 0 Å². The van der Waals surface area contributed by atoms with Crippen molar-refractivity contribution >= 4 is 74.5 Å². The molecule has 4 heterocycles. The third-order valence-electron chi connectivity index (χ3n) is 8.94. The molecule has 0 aliphatic carbocycles. The van der Waals surface area contributed by atoms with Crippen molar-refractivity contribution < 1.29 is 0 Å². The van der Waals surface area contributed by atoms with E-state index in [1.165, 1.54) is 36.5 Å². The Labute approximate surface area is 333 Å². The van der Waals surface area contributed by atoms with Gasteiger partial charge in [0.2, 0.25) is 12.5 Å². The van der Waals surface area contributed by atoms with Crippen molar-refractivity contribution in [1.82, 2.24) is 24.0 Å². The SMILES string of the molecule is CC(C)N1CCN(c2ncccn2)CC1.CC(C)n1cc(Sc2ccccc2)c2cc(Cl)ccc21.[C-]#[N+]CCSc1cn(C(C)C)c2ccc(Cl)cc12. The predicted molar refractivity (Wildman–Crippen MR) is 228 cm³/mol. The summed E-state index contributed by atoms with van der Waals surface area (Å²) in [6.07, 6.45) is 8.00. The second kappa shape index (κ2) is 19.6. The maximum absolute atomic E-state index is 6.82. The number of hydrogen-bond donors (Lipinski definition) is 0. The van der Waals surface area contributed by atoms with Crippen molar-refractivity contribution in [3.8, 4) is 0 Å². The number of fused-ring (bicyclic) bond motifs is 2. The van der Waals surface area contributed by atoms with E-state index in [0.717, 1.165) is 47.9 Å². The van der Waals surface area contributed by atoms with Gasteiger partial charge in [-0.05, 0) is 96.1 Å². The average Bonchev–Trinajstić information content (AvgIpc) is 3.71. The minimum Gasteiger partial charge on any atom is -0.344 e. The normalized spacial score (nSPS) is 13.3. The van der Waals surface area contributed by atoms with Crippen molar-refractivity contribution in [2.45, 2.75) is 74.4 Å². The number of anilines is 1. The van der Waals surface area contributed by atoms with Gasteiger partial charge in [0.25, 0.3) is 0 Å². The molecule has 7 nitrogen and oxygen atoms in total. The summed E-state index contributed by atoms with van der Waals surface area (Å²) >= 11 is 15.8. The molecule has 3 aromatic heterocycles. The third-order valence-corrected chi connectivity index (χ3v) is 11.5. The lowest BCUT2D eigenvalue weighted by molar-refractivity contribution is 0.208. The maximum atomic E-state index is 6.82. The van der Waals surface area contributed by atoms with Gasteiger partial charge in [0.05, 0.1) is 5.75 Å². The Balaban J connectivity index is 0.000000155. The van der Waals surface area contributed by atoms with E-state index in [1.54, 1.807) is 35.9 Å². The molecule has 0 bridgehead atoms. The molecule has 1 fully saturated rings. The van der Waals surface area contributed by atoms with E-state index in [4.69, 9.17) is 29.8 Å². The fourth-order valence-electron chi connectivity index (χ4n) is 6.15. The van der Waals surface area contributed by atoms with Crippen molar-refractivity contribution in [3.63, 3.8) is 0 Å². The second-order valence-electron chi connectivity index (χ2n) is 13.6. The van der Waals surface area contributed by atoms with Crippen LogP contribution < -0.4 is 4.90 Å². The summed E-state index contributed by atoms with van der Waals surface area (Å²) in [5.41, 5.74) is 2.45. The fraction of sp³-hybridized carbons (Fsp3) is 0.357. The molecule has 1 aliphatic rings. The Morgan fingerprint density at radius 2 is 1.25 bits per heavy atom. The molecule has 0 radical (unpaired) electrons. The quantitative estimate of drug-likeness (QED) is 0.0826. The molecule has 0 atom stereocenters. The molecule has 53 heavy (non-hydrogen) atoms. The van der Waals surface area contributed by atoms with Gasteiger partial charge in [-0.2, -0.15) is 0 Å². The lowest BCUT2D eigenvalue weighted by atomic mass is 10.2. The molecule has 1 aliphatic heterocycles. The molecule has 278 valence electrons. The van der Waals surface area contributed by atoms with E-state index >= 15 is 0 Å². The van der Waals surface area contributed by atoms with E-state index < -0.39 is 0 Å². The molecule has 0 spiro atoms. The van der Waals surface area contributed by atoms with Crippen LogP contribution in [-0.2, 0) is 0 Å². The van der Waals surface area contributed by atoms with Crippen LogP contribution in [0.5, 0.6) is 0 Å². The van der Waals surface area contributed by atoms with Crippen LogP contribution in [0.25, 0.3) is 26.7 Å². The first kappa shape index (κ1) is 40.5. The highest BCUT2D eigenvalue weighted by atomic mass is 35.5. The lowest BCUT2D eigenvalue weighted by Crippen LogP contribution is -2.49. The highest BCUT2D eigenvalue weighted by Gasteiger charge is 2.20. The monoisotopic (exact) mass is 785 g/mol. The summed E-state index contributed by atoms with van der Waals surface area (Å²) in [4.78, 5) is 20.4. The van der Waals surface area contributed by atoms with Gasteiger partial charge in [-0.25, -0.2) is 16.5 Å². The first-order valence-electron chi connectivity index (χ1n) is 18.1. The summed E-state index contributed by atoms with van der Waals surface area (Å²) in [6, 6.07) is 25.9. The Bertz CT molecular complexity index is 2080. The first-order valence-corrected chi connectivity index (χ1v) is 20.7. The third kappa shape index (κ3) is 11.0. The van der Waals surface area contributed by atoms with Crippen LogP contribution in [0.1, 0.15) is 53.6 Å². The van der Waals surface area contributed by atoms with E-state index in [1.807, 2.05) is 30.3 Å². The highest BCUT2D eigenvalue weighted by molar-refractivity contribution is 7.99. The number of piperazine rings is 1. The first-order chi connectivity index (χ1) is 25.5. The topological polar surface area (TPSA) is 46.5 Å². The van der Waals surface area contributed by atoms with Gasteiger partial charge < -0.3 is 18.9 Å². The van der Waals surface area contributed by atoms with Gasteiger partial charge >= 0.3 is 0 Å². The molecule has 0 N–H and O–H groups in total. The van der Waals surface area contributed by atoms with Crippen molar-refractivity contribution in [1.29, 1.82) is 0 Å². The zero-order valence-electron chi connectivity index (χ0n) is 31.4. The molecule has 0 unspecified atom stereocenters.